The average Bonchev–Trinajstić information content (AvgIpc) is 2.48. The summed E-state index contributed by atoms with van der Waals surface area (Å²) in [4.78, 5) is 13.4. The summed E-state index contributed by atoms with van der Waals surface area (Å²) in [7, 11) is 0. The van der Waals surface area contributed by atoms with Gasteiger partial charge in [-0.05, 0) is 33.0 Å². The van der Waals surface area contributed by atoms with Crippen molar-refractivity contribution in [3.8, 4) is 0 Å². The summed E-state index contributed by atoms with van der Waals surface area (Å²) in [6, 6.07) is 0. The first-order valence-corrected chi connectivity index (χ1v) is 7.23. The van der Waals surface area contributed by atoms with Crippen molar-refractivity contribution in [1.29, 1.82) is 0 Å². The van der Waals surface area contributed by atoms with Crippen LogP contribution in [0.2, 0.25) is 0 Å². The molecule has 0 atom stereocenters. The zero-order valence-electron chi connectivity index (χ0n) is 12.5. The lowest BCUT2D eigenvalue weighted by atomic mass is 10.3. The molecule has 0 aromatic carbocycles. The minimum atomic E-state index is 0.440. The zero-order chi connectivity index (χ0) is 14.1. The maximum atomic E-state index is 5.73. The number of anilines is 1. The molecule has 0 fully saturated rings. The summed E-state index contributed by atoms with van der Waals surface area (Å²) in [5.74, 6) is 0.937. The number of rotatable bonds is 9. The first-order chi connectivity index (χ1) is 9.26. The Bertz CT molecular complexity index is 351. The van der Waals surface area contributed by atoms with Crippen LogP contribution in [0.15, 0.2) is 12.4 Å². The molecule has 19 heavy (non-hydrogen) atoms. The highest BCUT2D eigenvalue weighted by atomic mass is 15.2. The van der Waals surface area contributed by atoms with Crippen LogP contribution < -0.4 is 10.6 Å². The summed E-state index contributed by atoms with van der Waals surface area (Å²) in [5.41, 5.74) is 6.61. The number of hydrogen-bond donors (Lipinski definition) is 1. The van der Waals surface area contributed by atoms with Crippen LogP contribution in [0, 0.1) is 0 Å². The van der Waals surface area contributed by atoms with Crippen LogP contribution >= 0.6 is 0 Å². The predicted octanol–water partition coefficient (Wildman–Crippen LogP) is 1.49. The molecule has 0 aliphatic carbocycles. The zero-order valence-corrected chi connectivity index (χ0v) is 12.5. The highest BCUT2D eigenvalue weighted by Gasteiger charge is 2.11. The van der Waals surface area contributed by atoms with Gasteiger partial charge in [0.25, 0.3) is 0 Å². The fraction of sp³-hybridized carbons (Fsp3) is 0.714. The number of hydrogen-bond acceptors (Lipinski definition) is 5. The quantitative estimate of drug-likeness (QED) is 0.733. The average molecular weight is 265 g/mol. The van der Waals surface area contributed by atoms with Gasteiger partial charge in [-0.25, -0.2) is 4.98 Å². The second-order valence-corrected chi connectivity index (χ2v) is 4.49. The fourth-order valence-electron chi connectivity index (χ4n) is 2.21. The van der Waals surface area contributed by atoms with Crippen LogP contribution in [0.5, 0.6) is 0 Å². The van der Waals surface area contributed by atoms with E-state index in [9.17, 15) is 0 Å². The van der Waals surface area contributed by atoms with Crippen LogP contribution in [-0.4, -0.2) is 47.6 Å². The molecule has 0 aliphatic rings. The Kier molecular flexibility index (Phi) is 7.36. The van der Waals surface area contributed by atoms with Gasteiger partial charge in [0.05, 0.1) is 5.69 Å². The molecular weight excluding hydrogens is 238 g/mol. The van der Waals surface area contributed by atoms with Gasteiger partial charge in [0, 0.05) is 32.0 Å². The van der Waals surface area contributed by atoms with Gasteiger partial charge in [0.2, 0.25) is 0 Å². The normalized spacial score (nSPS) is 11.0. The van der Waals surface area contributed by atoms with Crippen LogP contribution in [-0.2, 0) is 6.54 Å². The monoisotopic (exact) mass is 265 g/mol. The second-order valence-electron chi connectivity index (χ2n) is 4.49. The van der Waals surface area contributed by atoms with Crippen LogP contribution in [0.3, 0.4) is 0 Å². The van der Waals surface area contributed by atoms with Gasteiger partial charge >= 0.3 is 0 Å². The molecule has 0 bridgehead atoms. The van der Waals surface area contributed by atoms with Gasteiger partial charge in [0.1, 0.15) is 0 Å². The van der Waals surface area contributed by atoms with E-state index in [0.29, 0.717) is 6.54 Å². The Morgan fingerprint density at radius 2 is 1.68 bits per heavy atom. The van der Waals surface area contributed by atoms with Gasteiger partial charge in [-0.1, -0.05) is 13.8 Å². The maximum absolute atomic E-state index is 5.73. The van der Waals surface area contributed by atoms with Gasteiger partial charge in [0.15, 0.2) is 5.82 Å². The van der Waals surface area contributed by atoms with Gasteiger partial charge in [-0.2, -0.15) is 0 Å². The first kappa shape index (κ1) is 15.9. The molecule has 2 N–H and O–H groups in total. The number of nitrogens with two attached hydrogens (primary N) is 1. The standard InChI is InChI=1S/C14H27N5/c1-4-18(5-2)10-7-11-19(6-3)14-13(12-15)16-8-9-17-14/h8-9H,4-7,10-12,15H2,1-3H3. The van der Waals surface area contributed by atoms with E-state index >= 15 is 0 Å². The third-order valence-electron chi connectivity index (χ3n) is 3.42. The Morgan fingerprint density at radius 3 is 2.26 bits per heavy atom. The van der Waals surface area contributed by atoms with Gasteiger partial charge in [-0.15, -0.1) is 0 Å². The van der Waals surface area contributed by atoms with Crippen molar-refractivity contribution in [3.63, 3.8) is 0 Å². The highest BCUT2D eigenvalue weighted by Crippen LogP contribution is 2.14. The van der Waals surface area contributed by atoms with Crippen molar-refractivity contribution in [2.75, 3.05) is 37.6 Å². The molecule has 1 aromatic heterocycles. The van der Waals surface area contributed by atoms with Crippen LogP contribution in [0.1, 0.15) is 32.9 Å². The molecule has 1 rings (SSSR count). The largest absolute Gasteiger partial charge is 0.355 e. The maximum Gasteiger partial charge on any atom is 0.151 e. The molecule has 0 saturated heterocycles. The minimum Gasteiger partial charge on any atom is -0.355 e. The van der Waals surface area contributed by atoms with Crippen molar-refractivity contribution in [2.24, 2.45) is 5.73 Å². The van der Waals surface area contributed by atoms with E-state index in [-0.39, 0.29) is 0 Å². The third kappa shape index (κ3) is 4.76. The smallest absolute Gasteiger partial charge is 0.151 e. The van der Waals surface area contributed by atoms with E-state index < -0.39 is 0 Å². The lowest BCUT2D eigenvalue weighted by Crippen LogP contribution is -2.31. The van der Waals surface area contributed by atoms with Crippen LogP contribution in [0.25, 0.3) is 0 Å². The Labute approximate surface area is 116 Å². The molecule has 5 heteroatoms. The van der Waals surface area contributed by atoms with E-state index in [0.717, 1.165) is 50.7 Å². The molecular formula is C14H27N5. The summed E-state index contributed by atoms with van der Waals surface area (Å²) in [6.45, 7) is 12.3. The van der Waals surface area contributed by atoms with Gasteiger partial charge in [-0.3, -0.25) is 4.98 Å². The highest BCUT2D eigenvalue weighted by molar-refractivity contribution is 5.42. The summed E-state index contributed by atoms with van der Waals surface area (Å²) in [6.07, 6.45) is 4.58. The number of aromatic nitrogens is 2. The molecule has 0 aliphatic heterocycles. The van der Waals surface area contributed by atoms with E-state index in [2.05, 4.69) is 40.5 Å². The van der Waals surface area contributed by atoms with Gasteiger partial charge < -0.3 is 15.5 Å². The lowest BCUT2D eigenvalue weighted by Gasteiger charge is -2.25. The molecule has 5 nitrogen and oxygen atoms in total. The first-order valence-electron chi connectivity index (χ1n) is 7.23. The van der Waals surface area contributed by atoms with Crippen molar-refractivity contribution < 1.29 is 0 Å². The van der Waals surface area contributed by atoms with E-state index in [1.807, 2.05) is 0 Å². The summed E-state index contributed by atoms with van der Waals surface area (Å²) in [5, 5.41) is 0. The topological polar surface area (TPSA) is 58.3 Å². The van der Waals surface area contributed by atoms with E-state index in [1.54, 1.807) is 12.4 Å². The molecule has 0 unspecified atom stereocenters. The molecule has 0 amide bonds. The van der Waals surface area contributed by atoms with Crippen molar-refractivity contribution in [3.05, 3.63) is 18.1 Å². The van der Waals surface area contributed by atoms with E-state index in [4.69, 9.17) is 5.73 Å². The van der Waals surface area contributed by atoms with Crippen molar-refractivity contribution in [2.45, 2.75) is 33.7 Å². The van der Waals surface area contributed by atoms with Crippen LogP contribution in [0.4, 0.5) is 5.82 Å². The predicted molar refractivity (Wildman–Crippen MR) is 80.2 cm³/mol. The minimum absolute atomic E-state index is 0.440. The van der Waals surface area contributed by atoms with E-state index in [1.165, 1.54) is 0 Å². The molecule has 1 aromatic rings. The summed E-state index contributed by atoms with van der Waals surface area (Å²) >= 11 is 0. The molecule has 0 radical (unpaired) electrons. The van der Waals surface area contributed by atoms with Crippen molar-refractivity contribution >= 4 is 5.82 Å². The lowest BCUT2D eigenvalue weighted by molar-refractivity contribution is 0.300. The summed E-state index contributed by atoms with van der Waals surface area (Å²) < 4.78 is 0. The molecule has 108 valence electrons. The Balaban J connectivity index is 2.58. The molecule has 0 spiro atoms. The molecule has 0 saturated carbocycles. The van der Waals surface area contributed by atoms with Crippen molar-refractivity contribution in [1.82, 2.24) is 14.9 Å². The fourth-order valence-corrected chi connectivity index (χ4v) is 2.21. The molecule has 1 heterocycles. The third-order valence-corrected chi connectivity index (χ3v) is 3.42. The number of nitrogens with zero attached hydrogens (tertiary/aromatic N) is 4. The SMILES string of the molecule is CCN(CC)CCCN(CC)c1nccnc1CN. The second kappa shape index (κ2) is 8.82. The Hall–Kier alpha value is -1.20. The Morgan fingerprint density at radius 1 is 1.00 bits per heavy atom.